The van der Waals surface area contributed by atoms with Crippen LogP contribution in [0.5, 0.6) is 0 Å². The Kier molecular flexibility index (Phi) is 6.16. The number of nitrogens with one attached hydrogen (secondary N) is 1. The van der Waals surface area contributed by atoms with E-state index < -0.39 is 23.5 Å². The second-order valence-corrected chi connectivity index (χ2v) is 6.93. The van der Waals surface area contributed by atoms with Crippen molar-refractivity contribution in [3.05, 3.63) is 0 Å². The van der Waals surface area contributed by atoms with Gasteiger partial charge in [0.25, 0.3) is 0 Å². The Morgan fingerprint density at radius 2 is 1.95 bits per heavy atom. The Balaban J connectivity index is 2.44. The number of carbonyl (C=O) groups is 2. The van der Waals surface area contributed by atoms with Crippen LogP contribution in [0, 0.1) is 11.8 Å². The van der Waals surface area contributed by atoms with Crippen LogP contribution in [-0.4, -0.2) is 41.3 Å². The van der Waals surface area contributed by atoms with Crippen molar-refractivity contribution in [1.82, 2.24) is 5.32 Å². The first kappa shape index (κ1) is 17.9. The molecule has 21 heavy (non-hydrogen) atoms. The number of ether oxygens (including phenoxy) is 1. The van der Waals surface area contributed by atoms with E-state index in [-0.39, 0.29) is 12.5 Å². The predicted octanol–water partition coefficient (Wildman–Crippen LogP) is 1.13. The molecule has 0 aromatic carbocycles. The zero-order valence-corrected chi connectivity index (χ0v) is 13.4. The van der Waals surface area contributed by atoms with Gasteiger partial charge in [-0.1, -0.05) is 13.8 Å². The van der Waals surface area contributed by atoms with Crippen molar-refractivity contribution >= 4 is 11.9 Å². The summed E-state index contributed by atoms with van der Waals surface area (Å²) in [5, 5.41) is 11.4. The number of rotatable bonds is 9. The lowest BCUT2D eigenvalue weighted by Gasteiger charge is -2.31. The number of amides is 1. The van der Waals surface area contributed by atoms with Crippen LogP contribution < -0.4 is 11.1 Å². The summed E-state index contributed by atoms with van der Waals surface area (Å²) in [5.74, 6) is -0.470. The highest BCUT2D eigenvalue weighted by atomic mass is 16.5. The lowest BCUT2D eigenvalue weighted by atomic mass is 10.0. The molecule has 0 bridgehead atoms. The van der Waals surface area contributed by atoms with Crippen LogP contribution in [0.2, 0.25) is 0 Å². The van der Waals surface area contributed by atoms with E-state index in [0.717, 1.165) is 0 Å². The number of carboxylic acids is 1. The topological polar surface area (TPSA) is 102 Å². The molecule has 0 aromatic heterocycles. The van der Waals surface area contributed by atoms with Gasteiger partial charge in [0.15, 0.2) is 0 Å². The van der Waals surface area contributed by atoms with Crippen molar-refractivity contribution in [2.45, 2.75) is 64.6 Å². The number of hydrogen-bond donors (Lipinski definition) is 3. The standard InChI is InChI=1S/C15H28N2O4/c1-9(2)13(10-5-6-10)21-8-15(3,4)17-14(20)11(16)7-12(18)19/h9-11,13H,5-8,16H2,1-4H3,(H,17,20)(H,18,19)/t11-,13?/m0/s1. The van der Waals surface area contributed by atoms with E-state index in [1.165, 1.54) is 12.8 Å². The molecule has 0 spiro atoms. The molecule has 1 fully saturated rings. The number of nitrogens with two attached hydrogens (primary N) is 1. The highest BCUT2D eigenvalue weighted by molar-refractivity contribution is 5.86. The summed E-state index contributed by atoms with van der Waals surface area (Å²) in [6.07, 6.45) is 2.26. The van der Waals surface area contributed by atoms with Crippen molar-refractivity contribution in [2.75, 3.05) is 6.61 Å². The van der Waals surface area contributed by atoms with Gasteiger partial charge in [0.2, 0.25) is 5.91 Å². The van der Waals surface area contributed by atoms with Crippen LogP contribution in [0.25, 0.3) is 0 Å². The van der Waals surface area contributed by atoms with Gasteiger partial charge in [-0.05, 0) is 38.5 Å². The molecule has 1 unspecified atom stereocenters. The van der Waals surface area contributed by atoms with E-state index in [0.29, 0.717) is 18.4 Å². The molecule has 1 rings (SSSR count). The van der Waals surface area contributed by atoms with Crippen LogP contribution in [0.1, 0.15) is 47.0 Å². The van der Waals surface area contributed by atoms with Crippen LogP contribution in [0.15, 0.2) is 0 Å². The van der Waals surface area contributed by atoms with Crippen molar-refractivity contribution in [3.63, 3.8) is 0 Å². The maximum Gasteiger partial charge on any atom is 0.305 e. The average molecular weight is 300 g/mol. The summed E-state index contributed by atoms with van der Waals surface area (Å²) in [6, 6.07) is -1.04. The summed E-state index contributed by atoms with van der Waals surface area (Å²) < 4.78 is 5.98. The number of carbonyl (C=O) groups excluding carboxylic acids is 1. The molecule has 0 saturated heterocycles. The smallest absolute Gasteiger partial charge is 0.305 e. The molecule has 6 heteroatoms. The van der Waals surface area contributed by atoms with Gasteiger partial charge in [-0.3, -0.25) is 9.59 Å². The lowest BCUT2D eigenvalue weighted by Crippen LogP contribution is -2.53. The first-order chi connectivity index (χ1) is 9.62. The minimum Gasteiger partial charge on any atom is -0.481 e. The number of hydrogen-bond acceptors (Lipinski definition) is 4. The fourth-order valence-corrected chi connectivity index (χ4v) is 2.35. The highest BCUT2D eigenvalue weighted by Crippen LogP contribution is 2.37. The predicted molar refractivity (Wildman–Crippen MR) is 79.8 cm³/mol. The quantitative estimate of drug-likeness (QED) is 0.592. The van der Waals surface area contributed by atoms with E-state index in [9.17, 15) is 9.59 Å². The summed E-state index contributed by atoms with van der Waals surface area (Å²) in [7, 11) is 0. The molecule has 0 radical (unpaired) electrons. The molecule has 1 amide bonds. The summed E-state index contributed by atoms with van der Waals surface area (Å²) in [6.45, 7) is 8.36. The van der Waals surface area contributed by atoms with E-state index in [4.69, 9.17) is 15.6 Å². The average Bonchev–Trinajstić information content (AvgIpc) is 3.11. The Labute approximate surface area is 126 Å². The number of carboxylic acid groups (broad SMARTS) is 1. The SMILES string of the molecule is CC(C)C(OCC(C)(C)NC(=O)[C@@H](N)CC(=O)O)C1CC1. The molecule has 1 saturated carbocycles. The van der Waals surface area contributed by atoms with E-state index in [2.05, 4.69) is 19.2 Å². The third-order valence-corrected chi connectivity index (χ3v) is 3.57. The first-order valence-corrected chi connectivity index (χ1v) is 7.53. The summed E-state index contributed by atoms with van der Waals surface area (Å²) in [5.41, 5.74) is 4.98. The Bertz CT molecular complexity index is 376. The van der Waals surface area contributed by atoms with Gasteiger partial charge in [0.1, 0.15) is 0 Å². The van der Waals surface area contributed by atoms with Crippen LogP contribution in [0.3, 0.4) is 0 Å². The van der Waals surface area contributed by atoms with Gasteiger partial charge in [-0.15, -0.1) is 0 Å². The van der Waals surface area contributed by atoms with E-state index in [1.54, 1.807) is 0 Å². The lowest BCUT2D eigenvalue weighted by molar-refractivity contribution is -0.140. The molecule has 2 atom stereocenters. The van der Waals surface area contributed by atoms with Crippen LogP contribution in [-0.2, 0) is 14.3 Å². The molecule has 6 nitrogen and oxygen atoms in total. The van der Waals surface area contributed by atoms with Crippen molar-refractivity contribution < 1.29 is 19.4 Å². The molecular formula is C15H28N2O4. The zero-order valence-electron chi connectivity index (χ0n) is 13.4. The molecule has 0 heterocycles. The molecular weight excluding hydrogens is 272 g/mol. The summed E-state index contributed by atoms with van der Waals surface area (Å²) >= 11 is 0. The maximum absolute atomic E-state index is 11.9. The van der Waals surface area contributed by atoms with E-state index >= 15 is 0 Å². The monoisotopic (exact) mass is 300 g/mol. The first-order valence-electron chi connectivity index (χ1n) is 7.53. The molecule has 0 aromatic rings. The molecule has 1 aliphatic rings. The Morgan fingerprint density at radius 3 is 2.38 bits per heavy atom. The van der Waals surface area contributed by atoms with Gasteiger partial charge < -0.3 is 20.9 Å². The summed E-state index contributed by atoms with van der Waals surface area (Å²) in [4.78, 5) is 22.4. The molecule has 0 aliphatic heterocycles. The van der Waals surface area contributed by atoms with E-state index in [1.807, 2.05) is 13.8 Å². The fourth-order valence-electron chi connectivity index (χ4n) is 2.35. The minimum absolute atomic E-state index is 0.217. The van der Waals surface area contributed by atoms with Crippen molar-refractivity contribution in [3.8, 4) is 0 Å². The van der Waals surface area contributed by atoms with Crippen molar-refractivity contribution in [2.24, 2.45) is 17.6 Å². The van der Waals surface area contributed by atoms with Gasteiger partial charge in [0, 0.05) is 0 Å². The third-order valence-electron chi connectivity index (χ3n) is 3.57. The second kappa shape index (κ2) is 7.22. The van der Waals surface area contributed by atoms with Gasteiger partial charge in [-0.25, -0.2) is 0 Å². The largest absolute Gasteiger partial charge is 0.481 e. The zero-order chi connectivity index (χ0) is 16.2. The van der Waals surface area contributed by atoms with Crippen LogP contribution >= 0.6 is 0 Å². The number of aliphatic carboxylic acids is 1. The molecule has 1 aliphatic carbocycles. The second-order valence-electron chi connectivity index (χ2n) is 6.93. The normalized spacial score (nSPS) is 18.4. The van der Waals surface area contributed by atoms with Crippen LogP contribution in [0.4, 0.5) is 0 Å². The van der Waals surface area contributed by atoms with Crippen molar-refractivity contribution in [1.29, 1.82) is 0 Å². The highest BCUT2D eigenvalue weighted by Gasteiger charge is 2.35. The Hall–Kier alpha value is -1.14. The molecule has 4 N–H and O–H groups in total. The molecule has 122 valence electrons. The fraction of sp³-hybridized carbons (Fsp3) is 0.867. The minimum atomic E-state index is -1.08. The van der Waals surface area contributed by atoms with Gasteiger partial charge >= 0.3 is 5.97 Å². The van der Waals surface area contributed by atoms with Gasteiger partial charge in [-0.2, -0.15) is 0 Å². The maximum atomic E-state index is 11.9. The van der Waals surface area contributed by atoms with Gasteiger partial charge in [0.05, 0.1) is 30.7 Å². The third kappa shape index (κ3) is 6.44. The Morgan fingerprint density at radius 1 is 1.38 bits per heavy atom.